The van der Waals surface area contributed by atoms with Crippen molar-refractivity contribution in [2.24, 2.45) is 0 Å². The summed E-state index contributed by atoms with van der Waals surface area (Å²) in [6, 6.07) is 3.22. The first kappa shape index (κ1) is 10.9. The Labute approximate surface area is 96.7 Å². The number of nitrogens with zero attached hydrogens (tertiary/aromatic N) is 1. The van der Waals surface area contributed by atoms with Crippen LogP contribution in [0, 0.1) is 0 Å². The van der Waals surface area contributed by atoms with Gasteiger partial charge in [0.15, 0.2) is 0 Å². The highest BCUT2D eigenvalue weighted by Crippen LogP contribution is 2.30. The molecule has 2 rings (SSSR count). The molecule has 5 heteroatoms. The SMILES string of the molecule is CC(C)c1nc2cc(C(=O)O)c(N)cc2s1. The van der Waals surface area contributed by atoms with Crippen molar-refractivity contribution in [2.45, 2.75) is 19.8 Å². The molecule has 1 aromatic carbocycles. The van der Waals surface area contributed by atoms with Gasteiger partial charge in [0.1, 0.15) is 0 Å². The quantitative estimate of drug-likeness (QED) is 0.786. The molecule has 0 radical (unpaired) electrons. The number of aromatic carboxylic acids is 1. The third kappa shape index (κ3) is 1.74. The molecule has 0 aliphatic heterocycles. The molecule has 0 aliphatic carbocycles. The average molecular weight is 236 g/mol. The Balaban J connectivity index is 2.65. The molecular formula is C11H12N2O2S. The van der Waals surface area contributed by atoms with Gasteiger partial charge in [0.2, 0.25) is 0 Å². The van der Waals surface area contributed by atoms with Crippen LogP contribution in [0.1, 0.15) is 35.1 Å². The van der Waals surface area contributed by atoms with Crippen molar-refractivity contribution in [3.05, 3.63) is 22.7 Å². The zero-order valence-electron chi connectivity index (χ0n) is 9.02. The van der Waals surface area contributed by atoms with Crippen LogP contribution in [0.3, 0.4) is 0 Å². The molecule has 4 nitrogen and oxygen atoms in total. The molecule has 84 valence electrons. The number of nitrogen functional groups attached to an aromatic ring is 1. The van der Waals surface area contributed by atoms with E-state index < -0.39 is 5.97 Å². The number of benzene rings is 1. The van der Waals surface area contributed by atoms with Crippen LogP contribution in [0.15, 0.2) is 12.1 Å². The maximum Gasteiger partial charge on any atom is 0.337 e. The lowest BCUT2D eigenvalue weighted by Gasteiger charge is -1.98. The van der Waals surface area contributed by atoms with E-state index in [-0.39, 0.29) is 5.56 Å². The molecule has 0 atom stereocenters. The maximum atomic E-state index is 10.9. The summed E-state index contributed by atoms with van der Waals surface area (Å²) in [5.74, 6) is -0.676. The molecule has 0 saturated heterocycles. The minimum atomic E-state index is -1.02. The first-order valence-corrected chi connectivity index (χ1v) is 5.74. The number of thiazole rings is 1. The Morgan fingerprint density at radius 3 is 2.75 bits per heavy atom. The normalized spacial score (nSPS) is 11.2. The van der Waals surface area contributed by atoms with Crippen LogP contribution in [-0.2, 0) is 0 Å². The van der Waals surface area contributed by atoms with Gasteiger partial charge in [-0.25, -0.2) is 9.78 Å². The van der Waals surface area contributed by atoms with Crippen LogP contribution < -0.4 is 5.73 Å². The van der Waals surface area contributed by atoms with E-state index in [0.717, 1.165) is 9.71 Å². The minimum Gasteiger partial charge on any atom is -0.478 e. The first-order chi connectivity index (χ1) is 7.49. The summed E-state index contributed by atoms with van der Waals surface area (Å²) in [7, 11) is 0. The van der Waals surface area contributed by atoms with Gasteiger partial charge in [0, 0.05) is 11.6 Å². The number of carboxylic acid groups (broad SMARTS) is 1. The molecule has 0 saturated carbocycles. The molecule has 2 aromatic rings. The monoisotopic (exact) mass is 236 g/mol. The molecular weight excluding hydrogens is 224 g/mol. The van der Waals surface area contributed by atoms with Crippen LogP contribution in [0.25, 0.3) is 10.2 Å². The summed E-state index contributed by atoms with van der Waals surface area (Å²) in [6.45, 7) is 4.11. The van der Waals surface area contributed by atoms with Gasteiger partial charge >= 0.3 is 5.97 Å². The van der Waals surface area contributed by atoms with Gasteiger partial charge in [-0.1, -0.05) is 13.8 Å². The number of carboxylic acids is 1. The van der Waals surface area contributed by atoms with Crippen LogP contribution in [0.4, 0.5) is 5.69 Å². The number of fused-ring (bicyclic) bond motifs is 1. The van der Waals surface area contributed by atoms with Crippen molar-refractivity contribution in [2.75, 3.05) is 5.73 Å². The van der Waals surface area contributed by atoms with Gasteiger partial charge in [-0.05, 0) is 12.1 Å². The summed E-state index contributed by atoms with van der Waals surface area (Å²) in [4.78, 5) is 15.3. The molecule has 0 unspecified atom stereocenters. The van der Waals surface area contributed by atoms with E-state index in [9.17, 15) is 4.79 Å². The second-order valence-corrected chi connectivity index (χ2v) is 4.98. The third-order valence-electron chi connectivity index (χ3n) is 2.30. The molecule has 1 heterocycles. The Morgan fingerprint density at radius 2 is 2.19 bits per heavy atom. The molecule has 0 spiro atoms. The fraction of sp³-hybridized carbons (Fsp3) is 0.273. The minimum absolute atomic E-state index is 0.119. The summed E-state index contributed by atoms with van der Waals surface area (Å²) in [5, 5.41) is 9.93. The maximum absolute atomic E-state index is 10.9. The smallest absolute Gasteiger partial charge is 0.337 e. The highest BCUT2D eigenvalue weighted by molar-refractivity contribution is 7.18. The van der Waals surface area contributed by atoms with Crippen LogP contribution in [0.2, 0.25) is 0 Å². The van der Waals surface area contributed by atoms with E-state index in [1.807, 2.05) is 0 Å². The fourth-order valence-corrected chi connectivity index (χ4v) is 2.44. The van der Waals surface area contributed by atoms with Crippen molar-refractivity contribution in [1.29, 1.82) is 0 Å². The van der Waals surface area contributed by atoms with E-state index in [4.69, 9.17) is 10.8 Å². The van der Waals surface area contributed by atoms with Gasteiger partial charge in [0.25, 0.3) is 0 Å². The lowest BCUT2D eigenvalue weighted by molar-refractivity contribution is 0.0698. The standard InChI is InChI=1S/C11H12N2O2S/c1-5(2)10-13-8-3-6(11(14)15)7(12)4-9(8)16-10/h3-5H,12H2,1-2H3,(H,14,15). The van der Waals surface area contributed by atoms with E-state index in [2.05, 4.69) is 18.8 Å². The number of carbonyl (C=O) groups is 1. The van der Waals surface area contributed by atoms with Crippen molar-refractivity contribution in [1.82, 2.24) is 4.98 Å². The lowest BCUT2D eigenvalue weighted by Crippen LogP contribution is -2.01. The molecule has 0 bridgehead atoms. The van der Waals surface area contributed by atoms with Crippen LogP contribution in [0.5, 0.6) is 0 Å². The van der Waals surface area contributed by atoms with Crippen LogP contribution >= 0.6 is 11.3 Å². The van der Waals surface area contributed by atoms with E-state index in [1.54, 1.807) is 17.4 Å². The Bertz CT molecular complexity index is 560. The number of hydrogen-bond acceptors (Lipinski definition) is 4. The first-order valence-electron chi connectivity index (χ1n) is 4.92. The average Bonchev–Trinajstić information content (AvgIpc) is 2.58. The largest absolute Gasteiger partial charge is 0.478 e. The Morgan fingerprint density at radius 1 is 1.50 bits per heavy atom. The highest BCUT2D eigenvalue weighted by Gasteiger charge is 2.13. The second-order valence-electron chi connectivity index (χ2n) is 3.92. The van der Waals surface area contributed by atoms with Crippen molar-refractivity contribution >= 4 is 33.2 Å². The van der Waals surface area contributed by atoms with E-state index in [1.165, 1.54) is 6.07 Å². The topological polar surface area (TPSA) is 76.2 Å². The van der Waals surface area contributed by atoms with E-state index in [0.29, 0.717) is 17.1 Å². The van der Waals surface area contributed by atoms with Gasteiger partial charge in [0.05, 0.1) is 20.8 Å². The third-order valence-corrected chi connectivity index (χ3v) is 3.62. The second kappa shape index (κ2) is 3.75. The summed E-state index contributed by atoms with van der Waals surface area (Å²) in [6.07, 6.45) is 0. The summed E-state index contributed by atoms with van der Waals surface area (Å²) >= 11 is 1.56. The van der Waals surface area contributed by atoms with E-state index >= 15 is 0 Å². The molecule has 0 amide bonds. The molecule has 0 aliphatic rings. The highest BCUT2D eigenvalue weighted by atomic mass is 32.1. The number of aromatic nitrogens is 1. The van der Waals surface area contributed by atoms with Gasteiger partial charge < -0.3 is 10.8 Å². The Hall–Kier alpha value is -1.62. The van der Waals surface area contributed by atoms with Crippen molar-refractivity contribution < 1.29 is 9.90 Å². The van der Waals surface area contributed by atoms with Crippen molar-refractivity contribution in [3.63, 3.8) is 0 Å². The predicted octanol–water partition coefficient (Wildman–Crippen LogP) is 2.70. The fourth-order valence-electron chi connectivity index (χ4n) is 1.44. The van der Waals surface area contributed by atoms with Gasteiger partial charge in [-0.2, -0.15) is 0 Å². The van der Waals surface area contributed by atoms with Crippen LogP contribution in [-0.4, -0.2) is 16.1 Å². The summed E-state index contributed by atoms with van der Waals surface area (Å²) in [5.41, 5.74) is 6.79. The predicted molar refractivity (Wildman–Crippen MR) is 65.1 cm³/mol. The number of nitrogens with two attached hydrogens (primary N) is 1. The lowest BCUT2D eigenvalue weighted by atomic mass is 10.1. The number of hydrogen-bond donors (Lipinski definition) is 2. The molecule has 0 fully saturated rings. The van der Waals surface area contributed by atoms with Gasteiger partial charge in [-0.3, -0.25) is 0 Å². The zero-order chi connectivity index (χ0) is 11.9. The Kier molecular flexibility index (Phi) is 2.55. The van der Waals surface area contributed by atoms with Gasteiger partial charge in [-0.15, -0.1) is 11.3 Å². The zero-order valence-corrected chi connectivity index (χ0v) is 9.84. The number of anilines is 1. The van der Waals surface area contributed by atoms with Crippen molar-refractivity contribution in [3.8, 4) is 0 Å². The molecule has 1 aromatic heterocycles. The summed E-state index contributed by atoms with van der Waals surface area (Å²) < 4.78 is 0.936. The number of rotatable bonds is 2. The molecule has 16 heavy (non-hydrogen) atoms. The molecule has 3 N–H and O–H groups in total.